The van der Waals surface area contributed by atoms with Gasteiger partial charge in [0.05, 0.1) is 29.8 Å². The Bertz CT molecular complexity index is 1700. The van der Waals surface area contributed by atoms with Crippen LogP contribution in [0.2, 0.25) is 0 Å². The van der Waals surface area contributed by atoms with Crippen molar-refractivity contribution in [3.05, 3.63) is 95.8 Å². The first-order valence-corrected chi connectivity index (χ1v) is 14.2. The van der Waals surface area contributed by atoms with Crippen LogP contribution in [0.25, 0.3) is 22.2 Å². The van der Waals surface area contributed by atoms with Crippen molar-refractivity contribution in [2.24, 2.45) is 5.92 Å². The maximum absolute atomic E-state index is 12.3. The SMILES string of the molecule is COc1ncc(-c2cccc(Cn3c([C@H]4CCCC[C@H]4C(=O)O)nc4ccc(OCc5ccc(C)cn5)cc43)c2)cn1. The van der Waals surface area contributed by atoms with E-state index >= 15 is 0 Å². The molecular formula is C33H33N5O4. The van der Waals surface area contributed by atoms with E-state index in [2.05, 4.69) is 31.7 Å². The van der Waals surface area contributed by atoms with E-state index in [-0.39, 0.29) is 5.92 Å². The molecule has 3 heterocycles. The summed E-state index contributed by atoms with van der Waals surface area (Å²) < 4.78 is 13.4. The molecule has 0 spiro atoms. The number of pyridine rings is 1. The van der Waals surface area contributed by atoms with Gasteiger partial charge in [0.25, 0.3) is 0 Å². The lowest BCUT2D eigenvalue weighted by atomic mass is 9.78. The number of hydrogen-bond acceptors (Lipinski definition) is 7. The molecule has 9 heteroatoms. The predicted octanol–water partition coefficient (Wildman–Crippen LogP) is 6.19. The molecule has 5 aromatic rings. The van der Waals surface area contributed by atoms with E-state index in [0.717, 1.165) is 64.1 Å². The Morgan fingerprint density at radius 3 is 2.57 bits per heavy atom. The zero-order chi connectivity index (χ0) is 29.1. The Hall–Kier alpha value is -4.79. The van der Waals surface area contributed by atoms with Crippen molar-refractivity contribution >= 4 is 17.0 Å². The molecule has 6 rings (SSSR count). The summed E-state index contributed by atoms with van der Waals surface area (Å²) in [6.45, 7) is 2.89. The lowest BCUT2D eigenvalue weighted by Gasteiger charge is -2.28. The van der Waals surface area contributed by atoms with Crippen molar-refractivity contribution in [1.82, 2.24) is 24.5 Å². The molecule has 1 aliphatic carbocycles. The van der Waals surface area contributed by atoms with Gasteiger partial charge in [0.1, 0.15) is 18.2 Å². The lowest BCUT2D eigenvalue weighted by Crippen LogP contribution is -2.27. The fourth-order valence-corrected chi connectivity index (χ4v) is 5.74. The Morgan fingerprint density at radius 2 is 1.81 bits per heavy atom. The van der Waals surface area contributed by atoms with Gasteiger partial charge in [-0.05, 0) is 60.7 Å². The molecule has 0 bridgehead atoms. The van der Waals surface area contributed by atoms with Gasteiger partial charge in [-0.25, -0.2) is 15.0 Å². The molecule has 0 amide bonds. The third-order valence-corrected chi connectivity index (χ3v) is 7.94. The molecule has 2 atom stereocenters. The van der Waals surface area contributed by atoms with Crippen molar-refractivity contribution in [3.8, 4) is 22.9 Å². The third kappa shape index (κ3) is 5.81. The van der Waals surface area contributed by atoms with Gasteiger partial charge in [-0.2, -0.15) is 0 Å². The summed E-state index contributed by atoms with van der Waals surface area (Å²) in [6, 6.07) is 18.4. The zero-order valence-electron chi connectivity index (χ0n) is 23.7. The fraction of sp³-hybridized carbons (Fsp3) is 0.303. The number of aryl methyl sites for hydroxylation is 1. The summed E-state index contributed by atoms with van der Waals surface area (Å²) in [6.07, 6.45) is 8.69. The van der Waals surface area contributed by atoms with E-state index in [9.17, 15) is 9.90 Å². The van der Waals surface area contributed by atoms with E-state index < -0.39 is 11.9 Å². The maximum atomic E-state index is 12.3. The summed E-state index contributed by atoms with van der Waals surface area (Å²) in [5.74, 6) is 0.144. The largest absolute Gasteiger partial charge is 0.487 e. The van der Waals surface area contributed by atoms with Crippen molar-refractivity contribution in [1.29, 1.82) is 0 Å². The topological polar surface area (TPSA) is 112 Å². The minimum atomic E-state index is -0.755. The first-order valence-electron chi connectivity index (χ1n) is 14.2. The first kappa shape index (κ1) is 27.4. The van der Waals surface area contributed by atoms with Crippen LogP contribution in [0, 0.1) is 12.8 Å². The smallest absolute Gasteiger partial charge is 0.316 e. The number of carboxylic acids is 1. The van der Waals surface area contributed by atoms with Crippen LogP contribution in [0.4, 0.5) is 0 Å². The van der Waals surface area contributed by atoms with E-state index in [1.165, 1.54) is 0 Å². The van der Waals surface area contributed by atoms with Gasteiger partial charge < -0.3 is 19.1 Å². The molecule has 2 aromatic carbocycles. The van der Waals surface area contributed by atoms with Gasteiger partial charge in [0.15, 0.2) is 0 Å². The lowest BCUT2D eigenvalue weighted by molar-refractivity contribution is -0.143. The Kier molecular flexibility index (Phi) is 7.81. The van der Waals surface area contributed by atoms with Gasteiger partial charge in [-0.1, -0.05) is 37.1 Å². The molecular weight excluding hydrogens is 530 g/mol. The van der Waals surface area contributed by atoms with E-state index in [1.54, 1.807) is 19.5 Å². The summed E-state index contributed by atoms with van der Waals surface area (Å²) in [7, 11) is 1.54. The number of imidazole rings is 1. The standard InChI is InChI=1S/C33H33N5O4/c1-21-10-11-25(34-16-21)20-42-26-12-13-29-30(15-26)38(31(37-29)27-8-3-4-9-28(27)32(39)40)19-22-6-5-7-23(14-22)24-17-35-33(41-2)36-18-24/h5-7,10-18,27-28H,3-4,8-9,19-20H2,1-2H3,(H,39,40)/t27-,28+/m0/s1. The average molecular weight is 564 g/mol. The molecule has 1 saturated carbocycles. The van der Waals surface area contributed by atoms with Crippen molar-refractivity contribution in [2.45, 2.75) is 51.7 Å². The monoisotopic (exact) mass is 563 g/mol. The average Bonchev–Trinajstić information content (AvgIpc) is 3.38. The van der Waals surface area contributed by atoms with Crippen LogP contribution >= 0.6 is 0 Å². The summed E-state index contributed by atoms with van der Waals surface area (Å²) in [5.41, 5.74) is 6.60. The fourth-order valence-electron chi connectivity index (χ4n) is 5.74. The number of carboxylic acid groups (broad SMARTS) is 1. The highest BCUT2D eigenvalue weighted by atomic mass is 16.5. The van der Waals surface area contributed by atoms with Gasteiger partial charge in [0.2, 0.25) is 0 Å². The number of fused-ring (bicyclic) bond motifs is 1. The van der Waals surface area contributed by atoms with Gasteiger partial charge in [-0.15, -0.1) is 0 Å². The number of nitrogens with zero attached hydrogens (tertiary/aromatic N) is 5. The van der Waals surface area contributed by atoms with Gasteiger partial charge in [0, 0.05) is 42.7 Å². The second kappa shape index (κ2) is 12.0. The summed E-state index contributed by atoms with van der Waals surface area (Å²) in [5, 5.41) is 10.1. The summed E-state index contributed by atoms with van der Waals surface area (Å²) in [4.78, 5) is 30.3. The Labute approximate surface area is 244 Å². The number of aliphatic carboxylic acids is 1. The minimum absolute atomic E-state index is 0.164. The molecule has 9 nitrogen and oxygen atoms in total. The maximum Gasteiger partial charge on any atom is 0.316 e. The van der Waals surface area contributed by atoms with Crippen LogP contribution in [0.5, 0.6) is 11.8 Å². The van der Waals surface area contributed by atoms with Crippen molar-refractivity contribution < 1.29 is 19.4 Å². The molecule has 0 radical (unpaired) electrons. The second-order valence-electron chi connectivity index (χ2n) is 10.8. The van der Waals surface area contributed by atoms with E-state index in [4.69, 9.17) is 14.5 Å². The van der Waals surface area contributed by atoms with Gasteiger partial charge >= 0.3 is 12.0 Å². The zero-order valence-corrected chi connectivity index (χ0v) is 23.7. The number of rotatable bonds is 9. The van der Waals surface area contributed by atoms with E-state index in [1.807, 2.05) is 55.6 Å². The number of hydrogen-bond donors (Lipinski definition) is 1. The Balaban J connectivity index is 1.37. The molecule has 1 fully saturated rings. The van der Waals surface area contributed by atoms with Crippen LogP contribution in [0.15, 0.2) is 73.2 Å². The van der Waals surface area contributed by atoms with Crippen LogP contribution in [-0.2, 0) is 17.9 Å². The van der Waals surface area contributed by atoms with Crippen molar-refractivity contribution in [3.63, 3.8) is 0 Å². The van der Waals surface area contributed by atoms with Gasteiger partial charge in [-0.3, -0.25) is 9.78 Å². The highest BCUT2D eigenvalue weighted by molar-refractivity contribution is 5.79. The number of ether oxygens (including phenoxy) is 2. The quantitative estimate of drug-likeness (QED) is 0.226. The molecule has 0 saturated heterocycles. The van der Waals surface area contributed by atoms with E-state index in [0.29, 0.717) is 31.3 Å². The number of carbonyl (C=O) groups is 1. The highest BCUT2D eigenvalue weighted by Gasteiger charge is 2.35. The number of aromatic nitrogens is 5. The predicted molar refractivity (Wildman–Crippen MR) is 158 cm³/mol. The van der Waals surface area contributed by atoms with Crippen LogP contribution in [0.3, 0.4) is 0 Å². The number of methoxy groups -OCH3 is 1. The molecule has 1 N–H and O–H groups in total. The Morgan fingerprint density at radius 1 is 0.976 bits per heavy atom. The molecule has 42 heavy (non-hydrogen) atoms. The van der Waals surface area contributed by atoms with Crippen molar-refractivity contribution in [2.75, 3.05) is 7.11 Å². The van der Waals surface area contributed by atoms with Crippen LogP contribution < -0.4 is 9.47 Å². The first-order chi connectivity index (χ1) is 20.5. The molecule has 1 aliphatic rings. The van der Waals surface area contributed by atoms with Crippen LogP contribution in [-0.4, -0.2) is 42.7 Å². The molecule has 3 aromatic heterocycles. The normalized spacial score (nSPS) is 16.8. The second-order valence-corrected chi connectivity index (χ2v) is 10.8. The molecule has 0 aliphatic heterocycles. The minimum Gasteiger partial charge on any atom is -0.487 e. The summed E-state index contributed by atoms with van der Waals surface area (Å²) >= 11 is 0. The van der Waals surface area contributed by atoms with Crippen LogP contribution in [0.1, 0.15) is 54.2 Å². The molecule has 0 unspecified atom stereocenters. The third-order valence-electron chi connectivity index (χ3n) is 7.94. The number of benzene rings is 2. The highest BCUT2D eigenvalue weighted by Crippen LogP contribution is 2.39. The molecule has 214 valence electrons.